The second-order valence-electron chi connectivity index (χ2n) is 11.1. The Labute approximate surface area is 225 Å². The average molecular weight is 506 g/mol. The number of nitriles is 1. The lowest BCUT2D eigenvalue weighted by molar-refractivity contribution is 0.304. The minimum atomic E-state index is -0.277. The fraction of sp³-hybridized carbons (Fsp3) is 0.618. The summed E-state index contributed by atoms with van der Waals surface area (Å²) in [5.74, 6) is 1.37. The van der Waals surface area contributed by atoms with Crippen molar-refractivity contribution in [3.8, 4) is 22.9 Å². The van der Waals surface area contributed by atoms with Crippen LogP contribution in [0, 0.1) is 23.1 Å². The van der Waals surface area contributed by atoms with Crippen LogP contribution in [0.1, 0.15) is 133 Å². The molecule has 0 bridgehead atoms. The van der Waals surface area contributed by atoms with Gasteiger partial charge in [0.25, 0.3) is 0 Å². The number of benzene rings is 2. The van der Waals surface area contributed by atoms with Gasteiger partial charge in [-0.25, -0.2) is 4.39 Å². The molecule has 3 heteroatoms. The molecule has 0 aliphatic heterocycles. The normalized spacial score (nSPS) is 17.5. The first-order chi connectivity index (χ1) is 18.1. The summed E-state index contributed by atoms with van der Waals surface area (Å²) in [4.78, 5) is 0. The molecule has 0 atom stereocenters. The van der Waals surface area contributed by atoms with Gasteiger partial charge in [-0.15, -0.1) is 0 Å². The highest BCUT2D eigenvalue weighted by molar-refractivity contribution is 5.77. The third-order valence-electron chi connectivity index (χ3n) is 8.42. The van der Waals surface area contributed by atoms with Gasteiger partial charge in [-0.05, 0) is 67.6 Å². The topological polar surface area (TPSA) is 33.0 Å². The highest BCUT2D eigenvalue weighted by Crippen LogP contribution is 2.41. The number of halogens is 1. The van der Waals surface area contributed by atoms with Gasteiger partial charge in [0.1, 0.15) is 0 Å². The smallest absolute Gasteiger partial charge is 0.168 e. The molecule has 0 amide bonds. The van der Waals surface area contributed by atoms with Crippen molar-refractivity contribution in [3.63, 3.8) is 0 Å². The number of ether oxygens (including phenoxy) is 1. The minimum Gasteiger partial charge on any atom is -0.493 e. The van der Waals surface area contributed by atoms with Crippen molar-refractivity contribution in [2.45, 2.75) is 122 Å². The van der Waals surface area contributed by atoms with Crippen LogP contribution < -0.4 is 4.74 Å². The van der Waals surface area contributed by atoms with Gasteiger partial charge in [0.2, 0.25) is 0 Å². The molecular formula is C34H48FNO. The highest BCUT2D eigenvalue weighted by Gasteiger charge is 2.24. The van der Waals surface area contributed by atoms with E-state index in [2.05, 4.69) is 26.0 Å². The van der Waals surface area contributed by atoms with E-state index in [1.807, 2.05) is 24.3 Å². The van der Waals surface area contributed by atoms with Crippen LogP contribution >= 0.6 is 0 Å². The third kappa shape index (κ3) is 8.33. The summed E-state index contributed by atoms with van der Waals surface area (Å²) >= 11 is 0. The van der Waals surface area contributed by atoms with Gasteiger partial charge in [0.15, 0.2) is 11.6 Å². The SMILES string of the molecule is CCCCCCCCCCc1ccc(-c2ccc(C3CCC(CCCC)CC3)cc2C#N)c(OC)c1F. The quantitative estimate of drug-likeness (QED) is 0.225. The van der Waals surface area contributed by atoms with E-state index >= 15 is 4.39 Å². The van der Waals surface area contributed by atoms with Crippen LogP contribution in [-0.2, 0) is 6.42 Å². The van der Waals surface area contributed by atoms with Crippen LogP contribution in [0.15, 0.2) is 30.3 Å². The molecule has 0 saturated heterocycles. The molecule has 202 valence electrons. The fourth-order valence-electron chi connectivity index (χ4n) is 6.07. The summed E-state index contributed by atoms with van der Waals surface area (Å²) in [6, 6.07) is 12.4. The third-order valence-corrected chi connectivity index (χ3v) is 8.42. The molecule has 0 heterocycles. The van der Waals surface area contributed by atoms with E-state index in [4.69, 9.17) is 4.74 Å². The van der Waals surface area contributed by atoms with E-state index < -0.39 is 0 Å². The first-order valence-electron chi connectivity index (χ1n) is 15.0. The second-order valence-corrected chi connectivity index (χ2v) is 11.1. The molecule has 37 heavy (non-hydrogen) atoms. The monoisotopic (exact) mass is 505 g/mol. The van der Waals surface area contributed by atoms with Crippen LogP contribution in [0.2, 0.25) is 0 Å². The summed E-state index contributed by atoms with van der Waals surface area (Å²) in [6.07, 6.45) is 19.5. The summed E-state index contributed by atoms with van der Waals surface area (Å²) in [5, 5.41) is 9.98. The van der Waals surface area contributed by atoms with Crippen molar-refractivity contribution in [2.75, 3.05) is 7.11 Å². The van der Waals surface area contributed by atoms with Gasteiger partial charge in [-0.2, -0.15) is 5.26 Å². The molecule has 0 unspecified atom stereocenters. The van der Waals surface area contributed by atoms with E-state index in [-0.39, 0.29) is 11.6 Å². The van der Waals surface area contributed by atoms with Crippen LogP contribution in [-0.4, -0.2) is 7.11 Å². The zero-order valence-corrected chi connectivity index (χ0v) is 23.6. The van der Waals surface area contributed by atoms with Crippen molar-refractivity contribution in [3.05, 3.63) is 52.8 Å². The summed E-state index contributed by atoms with van der Waals surface area (Å²) < 4.78 is 21.0. The Balaban J connectivity index is 1.66. The lowest BCUT2D eigenvalue weighted by atomic mass is 9.76. The van der Waals surface area contributed by atoms with Crippen LogP contribution in [0.5, 0.6) is 5.75 Å². The number of hydrogen-bond acceptors (Lipinski definition) is 2. The van der Waals surface area contributed by atoms with E-state index in [1.54, 1.807) is 0 Å². The largest absolute Gasteiger partial charge is 0.493 e. The number of aryl methyl sites for hydroxylation is 1. The number of methoxy groups -OCH3 is 1. The van der Waals surface area contributed by atoms with Gasteiger partial charge in [0, 0.05) is 11.1 Å². The van der Waals surface area contributed by atoms with E-state index in [0.29, 0.717) is 22.6 Å². The zero-order valence-electron chi connectivity index (χ0n) is 23.6. The first-order valence-corrected chi connectivity index (χ1v) is 15.0. The van der Waals surface area contributed by atoms with Crippen molar-refractivity contribution in [1.29, 1.82) is 5.26 Å². The number of rotatable bonds is 15. The molecule has 0 spiro atoms. The Bertz CT molecular complexity index is 1000. The molecule has 2 aromatic carbocycles. The molecule has 1 fully saturated rings. The molecule has 3 rings (SSSR count). The maximum Gasteiger partial charge on any atom is 0.168 e. The lowest BCUT2D eigenvalue weighted by Crippen LogP contribution is -2.13. The number of unbranched alkanes of at least 4 members (excludes halogenated alkanes) is 8. The van der Waals surface area contributed by atoms with E-state index in [0.717, 1.165) is 30.7 Å². The second kappa shape index (κ2) is 15.8. The fourth-order valence-corrected chi connectivity index (χ4v) is 6.07. The average Bonchev–Trinajstić information content (AvgIpc) is 2.94. The van der Waals surface area contributed by atoms with Gasteiger partial charge >= 0.3 is 0 Å². The van der Waals surface area contributed by atoms with Gasteiger partial charge < -0.3 is 4.74 Å². The van der Waals surface area contributed by atoms with Crippen molar-refractivity contribution in [2.24, 2.45) is 5.92 Å². The van der Waals surface area contributed by atoms with Crippen molar-refractivity contribution in [1.82, 2.24) is 0 Å². The standard InChI is InChI=1S/C34H48FNO/c1-4-6-8-9-10-11-12-13-15-28-20-23-32(34(37-3)33(28)35)31-22-21-29(24-30(31)25-36)27-18-16-26(17-19-27)14-7-5-2/h20-24,26-27H,4-19H2,1-3H3. The van der Waals surface area contributed by atoms with E-state index in [9.17, 15) is 5.26 Å². The van der Waals surface area contributed by atoms with Crippen LogP contribution in [0.25, 0.3) is 11.1 Å². The van der Waals surface area contributed by atoms with Crippen LogP contribution in [0.3, 0.4) is 0 Å². The predicted octanol–water partition coefficient (Wildman–Crippen LogP) is 10.5. The maximum absolute atomic E-state index is 15.5. The number of hydrogen-bond donors (Lipinski definition) is 0. The van der Waals surface area contributed by atoms with Crippen molar-refractivity contribution >= 4 is 0 Å². The molecule has 0 N–H and O–H groups in total. The summed E-state index contributed by atoms with van der Waals surface area (Å²) in [7, 11) is 1.53. The number of nitrogens with zero attached hydrogens (tertiary/aromatic N) is 1. The van der Waals surface area contributed by atoms with Crippen molar-refractivity contribution < 1.29 is 9.13 Å². The van der Waals surface area contributed by atoms with Gasteiger partial charge in [-0.1, -0.05) is 102 Å². The molecule has 2 nitrogen and oxygen atoms in total. The molecule has 1 saturated carbocycles. The Morgan fingerprint density at radius 3 is 2.14 bits per heavy atom. The summed E-state index contributed by atoms with van der Waals surface area (Å²) in [5.41, 5.74) is 4.00. The Morgan fingerprint density at radius 1 is 0.838 bits per heavy atom. The Morgan fingerprint density at radius 2 is 1.49 bits per heavy atom. The Kier molecular flexibility index (Phi) is 12.5. The molecule has 2 aromatic rings. The lowest BCUT2D eigenvalue weighted by Gasteiger charge is -2.29. The molecule has 1 aliphatic carbocycles. The predicted molar refractivity (Wildman–Crippen MR) is 154 cm³/mol. The van der Waals surface area contributed by atoms with Gasteiger partial charge in [-0.3, -0.25) is 0 Å². The molecule has 0 aromatic heterocycles. The summed E-state index contributed by atoms with van der Waals surface area (Å²) in [6.45, 7) is 4.51. The minimum absolute atomic E-state index is 0.262. The van der Waals surface area contributed by atoms with Crippen LogP contribution in [0.4, 0.5) is 4.39 Å². The molecule has 0 radical (unpaired) electrons. The van der Waals surface area contributed by atoms with Gasteiger partial charge in [0.05, 0.1) is 18.7 Å². The highest BCUT2D eigenvalue weighted by atomic mass is 19.1. The zero-order chi connectivity index (χ0) is 26.5. The maximum atomic E-state index is 15.5. The first kappa shape index (κ1) is 29.2. The molecule has 1 aliphatic rings. The van der Waals surface area contributed by atoms with E-state index in [1.165, 1.54) is 96.1 Å². The Hall–Kier alpha value is -2.34. The molecular weight excluding hydrogens is 457 g/mol.